The molecule has 0 radical (unpaired) electrons. The molecule has 6 heteroatoms. The number of hydrogen-bond donors (Lipinski definition) is 1. The van der Waals surface area contributed by atoms with Crippen molar-refractivity contribution in [1.29, 1.82) is 0 Å². The van der Waals surface area contributed by atoms with Crippen molar-refractivity contribution in [3.8, 4) is 0 Å². The number of nitro groups is 1. The first-order valence-electron chi connectivity index (χ1n) is 5.44. The van der Waals surface area contributed by atoms with Crippen LogP contribution in [0.15, 0.2) is 40.9 Å². The lowest BCUT2D eigenvalue weighted by Gasteiger charge is -2.09. The largest absolute Gasteiger partial charge is 0.350 e. The Hall–Kier alpha value is -1.59. The highest BCUT2D eigenvalue weighted by Crippen LogP contribution is 2.33. The van der Waals surface area contributed by atoms with E-state index in [0.29, 0.717) is 15.2 Å². The third-order valence-electron chi connectivity index (χ3n) is 2.60. The highest BCUT2D eigenvalue weighted by atomic mass is 79.9. The standard InChI is InChI=1S/C13H10BrClN2O2/c1-8-6-12(13(17(18)19)7-11(8)14)16-10-4-2-9(15)3-5-10/h2-7,16H,1H3. The van der Waals surface area contributed by atoms with Gasteiger partial charge < -0.3 is 5.32 Å². The molecule has 2 rings (SSSR count). The highest BCUT2D eigenvalue weighted by Gasteiger charge is 2.16. The van der Waals surface area contributed by atoms with Crippen molar-refractivity contribution in [2.24, 2.45) is 0 Å². The molecule has 0 aliphatic carbocycles. The van der Waals surface area contributed by atoms with E-state index in [1.165, 1.54) is 6.07 Å². The summed E-state index contributed by atoms with van der Waals surface area (Å²) < 4.78 is 0.709. The van der Waals surface area contributed by atoms with Gasteiger partial charge in [-0.3, -0.25) is 10.1 Å². The van der Waals surface area contributed by atoms with Crippen molar-refractivity contribution < 1.29 is 4.92 Å². The number of benzene rings is 2. The molecule has 4 nitrogen and oxygen atoms in total. The summed E-state index contributed by atoms with van der Waals surface area (Å²) in [5.74, 6) is 0. The Morgan fingerprint density at radius 2 is 1.89 bits per heavy atom. The Labute approximate surface area is 123 Å². The molecular weight excluding hydrogens is 332 g/mol. The van der Waals surface area contributed by atoms with Crippen LogP contribution in [0.2, 0.25) is 5.02 Å². The minimum atomic E-state index is -0.414. The molecule has 0 fully saturated rings. The second-order valence-electron chi connectivity index (χ2n) is 4.01. The summed E-state index contributed by atoms with van der Waals surface area (Å²) in [4.78, 5) is 10.6. The van der Waals surface area contributed by atoms with Gasteiger partial charge in [0.25, 0.3) is 5.69 Å². The van der Waals surface area contributed by atoms with E-state index in [1.807, 2.05) is 6.92 Å². The first-order chi connectivity index (χ1) is 8.97. The molecule has 0 saturated heterocycles. The van der Waals surface area contributed by atoms with Gasteiger partial charge in [-0.1, -0.05) is 27.5 Å². The van der Waals surface area contributed by atoms with Crippen molar-refractivity contribution in [2.45, 2.75) is 6.92 Å². The number of anilines is 2. The summed E-state index contributed by atoms with van der Waals surface area (Å²) >= 11 is 9.09. The van der Waals surface area contributed by atoms with Crippen LogP contribution in [-0.4, -0.2) is 4.92 Å². The molecule has 2 aromatic rings. The molecule has 0 amide bonds. The predicted molar refractivity (Wildman–Crippen MR) is 80.3 cm³/mol. The van der Waals surface area contributed by atoms with Crippen molar-refractivity contribution in [3.63, 3.8) is 0 Å². The summed E-state index contributed by atoms with van der Waals surface area (Å²) in [6.45, 7) is 1.88. The van der Waals surface area contributed by atoms with Gasteiger partial charge in [0.1, 0.15) is 5.69 Å². The van der Waals surface area contributed by atoms with E-state index >= 15 is 0 Å². The monoisotopic (exact) mass is 340 g/mol. The summed E-state index contributed by atoms with van der Waals surface area (Å²) in [6, 6.07) is 10.2. The quantitative estimate of drug-likeness (QED) is 0.627. The predicted octanol–water partition coefficient (Wildman–Crippen LogP) is 5.06. The SMILES string of the molecule is Cc1cc(Nc2ccc(Cl)cc2)c([N+](=O)[O-])cc1Br. The Morgan fingerprint density at radius 1 is 1.26 bits per heavy atom. The van der Waals surface area contributed by atoms with Crippen LogP contribution in [0.1, 0.15) is 5.56 Å². The number of nitrogens with one attached hydrogen (secondary N) is 1. The molecule has 0 bridgehead atoms. The van der Waals surface area contributed by atoms with Gasteiger partial charge in [-0.15, -0.1) is 0 Å². The van der Waals surface area contributed by atoms with E-state index < -0.39 is 4.92 Å². The lowest BCUT2D eigenvalue weighted by Crippen LogP contribution is -1.98. The topological polar surface area (TPSA) is 55.2 Å². The van der Waals surface area contributed by atoms with E-state index in [0.717, 1.165) is 11.3 Å². The molecule has 0 heterocycles. The van der Waals surface area contributed by atoms with Gasteiger partial charge in [-0.05, 0) is 42.8 Å². The first kappa shape index (κ1) is 13.8. The highest BCUT2D eigenvalue weighted by molar-refractivity contribution is 9.10. The molecule has 0 atom stereocenters. The molecule has 0 aliphatic rings. The Kier molecular flexibility index (Phi) is 4.07. The van der Waals surface area contributed by atoms with E-state index in [4.69, 9.17) is 11.6 Å². The van der Waals surface area contributed by atoms with Crippen molar-refractivity contribution in [2.75, 3.05) is 5.32 Å². The molecule has 0 unspecified atom stereocenters. The van der Waals surface area contributed by atoms with Gasteiger partial charge in [0.05, 0.1) is 4.92 Å². The van der Waals surface area contributed by atoms with Gasteiger partial charge in [0, 0.05) is 21.2 Å². The fourth-order valence-electron chi connectivity index (χ4n) is 1.61. The van der Waals surface area contributed by atoms with Crippen molar-refractivity contribution in [1.82, 2.24) is 0 Å². The van der Waals surface area contributed by atoms with Gasteiger partial charge in [0.15, 0.2) is 0 Å². The average molecular weight is 342 g/mol. The van der Waals surface area contributed by atoms with Crippen LogP contribution in [0.5, 0.6) is 0 Å². The summed E-state index contributed by atoms with van der Waals surface area (Å²) in [5, 5.41) is 14.7. The third kappa shape index (κ3) is 3.24. The minimum absolute atomic E-state index is 0.0208. The molecule has 0 spiro atoms. The lowest BCUT2D eigenvalue weighted by atomic mass is 10.2. The summed E-state index contributed by atoms with van der Waals surface area (Å²) in [7, 11) is 0. The van der Waals surface area contributed by atoms with Crippen LogP contribution in [0.3, 0.4) is 0 Å². The maximum absolute atomic E-state index is 11.1. The molecular formula is C13H10BrClN2O2. The van der Waals surface area contributed by atoms with Crippen molar-refractivity contribution >= 4 is 44.6 Å². The van der Waals surface area contributed by atoms with E-state index in [1.54, 1.807) is 30.3 Å². The molecule has 0 saturated carbocycles. The van der Waals surface area contributed by atoms with Gasteiger partial charge in [-0.2, -0.15) is 0 Å². The number of nitro benzene ring substituents is 1. The van der Waals surface area contributed by atoms with Gasteiger partial charge >= 0.3 is 0 Å². The average Bonchev–Trinajstić information content (AvgIpc) is 2.36. The van der Waals surface area contributed by atoms with Crippen LogP contribution in [0.4, 0.5) is 17.1 Å². The summed E-state index contributed by atoms with van der Waals surface area (Å²) in [6.07, 6.45) is 0. The minimum Gasteiger partial charge on any atom is -0.350 e. The number of aryl methyl sites for hydroxylation is 1. The van der Waals surface area contributed by atoms with Crippen LogP contribution >= 0.6 is 27.5 Å². The zero-order chi connectivity index (χ0) is 14.0. The van der Waals surface area contributed by atoms with Crippen LogP contribution < -0.4 is 5.32 Å². The lowest BCUT2D eigenvalue weighted by molar-refractivity contribution is -0.384. The fourth-order valence-corrected chi connectivity index (χ4v) is 2.07. The molecule has 2 aromatic carbocycles. The van der Waals surface area contributed by atoms with Crippen LogP contribution in [0, 0.1) is 17.0 Å². The Balaban J connectivity index is 2.41. The zero-order valence-electron chi connectivity index (χ0n) is 9.98. The molecule has 19 heavy (non-hydrogen) atoms. The van der Waals surface area contributed by atoms with E-state index in [9.17, 15) is 10.1 Å². The number of rotatable bonds is 3. The molecule has 0 aliphatic heterocycles. The second-order valence-corrected chi connectivity index (χ2v) is 5.30. The number of hydrogen-bond acceptors (Lipinski definition) is 3. The summed E-state index contributed by atoms with van der Waals surface area (Å²) in [5.41, 5.74) is 2.14. The number of halogens is 2. The molecule has 98 valence electrons. The van der Waals surface area contributed by atoms with Crippen molar-refractivity contribution in [3.05, 3.63) is 61.6 Å². The zero-order valence-corrected chi connectivity index (χ0v) is 12.3. The normalized spacial score (nSPS) is 10.3. The molecule has 1 N–H and O–H groups in total. The van der Waals surface area contributed by atoms with Gasteiger partial charge in [0.2, 0.25) is 0 Å². The fraction of sp³-hybridized carbons (Fsp3) is 0.0769. The Bertz CT molecular complexity index is 629. The number of nitrogens with zero attached hydrogens (tertiary/aromatic N) is 1. The van der Waals surface area contributed by atoms with Gasteiger partial charge in [-0.25, -0.2) is 0 Å². The van der Waals surface area contributed by atoms with Crippen LogP contribution in [0.25, 0.3) is 0 Å². The van der Waals surface area contributed by atoms with E-state index in [2.05, 4.69) is 21.2 Å². The third-order valence-corrected chi connectivity index (χ3v) is 3.70. The first-order valence-corrected chi connectivity index (χ1v) is 6.61. The maximum Gasteiger partial charge on any atom is 0.293 e. The smallest absolute Gasteiger partial charge is 0.293 e. The second kappa shape index (κ2) is 5.59. The Morgan fingerprint density at radius 3 is 2.47 bits per heavy atom. The van der Waals surface area contributed by atoms with Crippen LogP contribution in [-0.2, 0) is 0 Å². The molecule has 0 aromatic heterocycles. The van der Waals surface area contributed by atoms with E-state index in [-0.39, 0.29) is 5.69 Å². The maximum atomic E-state index is 11.1.